The maximum Gasteiger partial charge on any atom is 0.414 e. The van der Waals surface area contributed by atoms with E-state index in [1.165, 1.54) is 25.3 Å². The molecule has 3 aliphatic heterocycles. The van der Waals surface area contributed by atoms with E-state index in [0.29, 0.717) is 24.1 Å². The van der Waals surface area contributed by atoms with E-state index in [0.717, 1.165) is 45.3 Å². The zero-order chi connectivity index (χ0) is 17.9. The number of carbonyl (C=O) groups excluding carboxylic acids is 1. The highest BCUT2D eigenvalue weighted by Crippen LogP contribution is 2.32. The summed E-state index contributed by atoms with van der Waals surface area (Å²) in [6.45, 7) is 3.60. The minimum absolute atomic E-state index is 0.0503. The predicted molar refractivity (Wildman–Crippen MR) is 99.8 cm³/mol. The van der Waals surface area contributed by atoms with Gasteiger partial charge in [0.1, 0.15) is 11.9 Å². The van der Waals surface area contributed by atoms with Gasteiger partial charge in [0.15, 0.2) is 0 Å². The van der Waals surface area contributed by atoms with Crippen molar-refractivity contribution in [3.05, 3.63) is 30.1 Å². The number of carbonyl (C=O) groups is 1. The minimum atomic E-state index is -0.376. The Morgan fingerprint density at radius 2 is 1.85 bits per heavy atom. The highest BCUT2D eigenvalue weighted by molar-refractivity contribution is 5.88. The number of para-hydroxylation sites is 1. The molecule has 0 N–H and O–H groups in total. The monoisotopic (exact) mass is 360 g/mol. The van der Waals surface area contributed by atoms with Crippen molar-refractivity contribution in [2.45, 2.75) is 51.0 Å². The number of nitrogens with zero attached hydrogens (tertiary/aromatic N) is 2. The first-order valence-electron chi connectivity index (χ1n) is 10.2. The van der Waals surface area contributed by atoms with Gasteiger partial charge in [0, 0.05) is 13.1 Å². The van der Waals surface area contributed by atoms with Crippen LogP contribution in [0.2, 0.25) is 0 Å². The molecule has 1 atom stereocenters. The summed E-state index contributed by atoms with van der Waals surface area (Å²) >= 11 is 0. The number of hydrogen-bond acceptors (Lipinski definition) is 3. The van der Waals surface area contributed by atoms with E-state index in [1.807, 2.05) is 0 Å². The van der Waals surface area contributed by atoms with Crippen LogP contribution in [0, 0.1) is 17.7 Å². The van der Waals surface area contributed by atoms with Crippen molar-refractivity contribution in [2.24, 2.45) is 11.8 Å². The van der Waals surface area contributed by atoms with E-state index in [9.17, 15) is 9.18 Å². The lowest BCUT2D eigenvalue weighted by molar-refractivity contribution is -0.0312. The van der Waals surface area contributed by atoms with Crippen molar-refractivity contribution < 1.29 is 13.9 Å². The molecular weight excluding hydrogens is 331 g/mol. The Balaban J connectivity index is 1.49. The van der Waals surface area contributed by atoms with Gasteiger partial charge in [0.25, 0.3) is 0 Å². The number of halogens is 1. The van der Waals surface area contributed by atoms with Gasteiger partial charge in [-0.25, -0.2) is 9.18 Å². The topological polar surface area (TPSA) is 32.8 Å². The van der Waals surface area contributed by atoms with E-state index in [2.05, 4.69) is 4.90 Å². The highest BCUT2D eigenvalue weighted by atomic mass is 19.1. The Morgan fingerprint density at radius 3 is 2.50 bits per heavy atom. The second kappa shape index (κ2) is 7.95. The summed E-state index contributed by atoms with van der Waals surface area (Å²) in [6, 6.07) is 6.56. The number of fused-ring (bicyclic) bond motifs is 3. The molecule has 1 unspecified atom stereocenters. The van der Waals surface area contributed by atoms with Crippen LogP contribution in [-0.2, 0) is 4.74 Å². The first kappa shape index (κ1) is 17.8. The zero-order valence-electron chi connectivity index (χ0n) is 15.4. The number of rotatable bonds is 4. The SMILES string of the molecule is O=C(OC1CN2CCC1CC2)N(CC1CCCCC1)c1ccccc1F. The molecule has 3 saturated heterocycles. The van der Waals surface area contributed by atoms with Crippen molar-refractivity contribution in [1.29, 1.82) is 0 Å². The summed E-state index contributed by atoms with van der Waals surface area (Å²) in [5, 5.41) is 0. The average Bonchev–Trinajstić information content (AvgIpc) is 2.68. The minimum Gasteiger partial charge on any atom is -0.444 e. The van der Waals surface area contributed by atoms with Crippen LogP contribution in [0.5, 0.6) is 0 Å². The molecule has 1 saturated carbocycles. The van der Waals surface area contributed by atoms with Gasteiger partial charge in [0.2, 0.25) is 0 Å². The quantitative estimate of drug-likeness (QED) is 0.796. The Kier molecular flexibility index (Phi) is 5.44. The summed E-state index contributed by atoms with van der Waals surface area (Å²) in [4.78, 5) is 17.0. The second-order valence-electron chi connectivity index (χ2n) is 8.13. The fourth-order valence-electron chi connectivity index (χ4n) is 4.81. The third kappa shape index (κ3) is 3.88. The van der Waals surface area contributed by atoms with Crippen LogP contribution in [-0.4, -0.2) is 43.3 Å². The Labute approximate surface area is 155 Å². The van der Waals surface area contributed by atoms with Crippen LogP contribution >= 0.6 is 0 Å². The molecule has 0 aromatic heterocycles. The Bertz CT molecular complexity index is 624. The van der Waals surface area contributed by atoms with Gasteiger partial charge in [-0.05, 0) is 62.7 Å². The van der Waals surface area contributed by atoms with Crippen LogP contribution in [0.15, 0.2) is 24.3 Å². The lowest BCUT2D eigenvalue weighted by atomic mass is 9.86. The second-order valence-corrected chi connectivity index (χ2v) is 8.13. The number of hydrogen-bond donors (Lipinski definition) is 0. The first-order valence-corrected chi connectivity index (χ1v) is 10.2. The lowest BCUT2D eigenvalue weighted by Crippen LogP contribution is -2.53. The number of piperidine rings is 3. The maximum absolute atomic E-state index is 14.4. The summed E-state index contributed by atoms with van der Waals surface area (Å²) in [5.74, 6) is 0.540. The molecule has 0 radical (unpaired) electrons. The van der Waals surface area contributed by atoms with Crippen LogP contribution in [0.25, 0.3) is 0 Å². The van der Waals surface area contributed by atoms with Crippen LogP contribution in [0.1, 0.15) is 44.9 Å². The van der Waals surface area contributed by atoms with Crippen LogP contribution in [0.4, 0.5) is 14.9 Å². The smallest absolute Gasteiger partial charge is 0.414 e. The summed E-state index contributed by atoms with van der Waals surface area (Å²) in [6.07, 6.45) is 7.65. The van der Waals surface area contributed by atoms with Gasteiger partial charge in [-0.15, -0.1) is 0 Å². The molecule has 1 aromatic rings. The van der Waals surface area contributed by atoms with E-state index >= 15 is 0 Å². The molecule has 26 heavy (non-hydrogen) atoms. The summed E-state index contributed by atoms with van der Waals surface area (Å²) in [5.41, 5.74) is 0.351. The molecule has 1 amide bonds. The zero-order valence-corrected chi connectivity index (χ0v) is 15.4. The maximum atomic E-state index is 14.4. The Hall–Kier alpha value is -1.62. The normalized spacial score (nSPS) is 28.7. The fraction of sp³-hybridized carbons (Fsp3) is 0.667. The van der Waals surface area contributed by atoms with Crippen molar-refractivity contribution in [2.75, 3.05) is 31.1 Å². The van der Waals surface area contributed by atoms with Crippen molar-refractivity contribution in [3.8, 4) is 0 Å². The number of ether oxygens (including phenoxy) is 1. The molecule has 3 heterocycles. The molecule has 142 valence electrons. The van der Waals surface area contributed by atoms with E-state index in [1.54, 1.807) is 23.1 Å². The molecule has 5 rings (SSSR count). The third-order valence-corrected chi connectivity index (χ3v) is 6.38. The summed E-state index contributed by atoms with van der Waals surface area (Å²) in [7, 11) is 0. The van der Waals surface area contributed by atoms with Gasteiger partial charge >= 0.3 is 6.09 Å². The molecule has 2 bridgehead atoms. The molecule has 1 aliphatic carbocycles. The largest absolute Gasteiger partial charge is 0.444 e. The van der Waals surface area contributed by atoms with Crippen LogP contribution < -0.4 is 4.90 Å². The van der Waals surface area contributed by atoms with Crippen LogP contribution in [0.3, 0.4) is 0 Å². The molecular formula is C21H29FN2O2. The molecule has 4 nitrogen and oxygen atoms in total. The molecule has 5 heteroatoms. The van der Waals surface area contributed by atoms with Gasteiger partial charge in [-0.1, -0.05) is 31.4 Å². The number of amides is 1. The lowest BCUT2D eigenvalue weighted by Gasteiger charge is -2.44. The predicted octanol–water partition coefficient (Wildman–Crippen LogP) is 4.44. The molecule has 4 aliphatic rings. The Morgan fingerprint density at radius 1 is 1.12 bits per heavy atom. The highest BCUT2D eigenvalue weighted by Gasteiger charge is 2.38. The van der Waals surface area contributed by atoms with Gasteiger partial charge in [-0.3, -0.25) is 9.80 Å². The number of benzene rings is 1. The molecule has 1 aromatic carbocycles. The standard InChI is InChI=1S/C21H29FN2O2/c22-18-8-4-5-9-19(18)24(14-16-6-2-1-3-7-16)21(25)26-20-15-23-12-10-17(20)11-13-23/h4-5,8-9,16-17,20H,1-3,6-7,10-15H2. The third-order valence-electron chi connectivity index (χ3n) is 6.38. The molecule has 0 spiro atoms. The summed E-state index contributed by atoms with van der Waals surface area (Å²) < 4.78 is 20.3. The average molecular weight is 360 g/mol. The molecule has 4 fully saturated rings. The van der Waals surface area contributed by atoms with Gasteiger partial charge < -0.3 is 4.74 Å². The number of anilines is 1. The van der Waals surface area contributed by atoms with Crippen molar-refractivity contribution in [1.82, 2.24) is 4.90 Å². The first-order chi connectivity index (χ1) is 12.7. The fourth-order valence-corrected chi connectivity index (χ4v) is 4.81. The van der Waals surface area contributed by atoms with Gasteiger partial charge in [-0.2, -0.15) is 0 Å². The van der Waals surface area contributed by atoms with E-state index in [4.69, 9.17) is 4.74 Å². The van der Waals surface area contributed by atoms with E-state index < -0.39 is 0 Å². The van der Waals surface area contributed by atoms with E-state index in [-0.39, 0.29) is 18.0 Å². The van der Waals surface area contributed by atoms with Gasteiger partial charge in [0.05, 0.1) is 5.69 Å². The van der Waals surface area contributed by atoms with Crippen molar-refractivity contribution >= 4 is 11.8 Å². The van der Waals surface area contributed by atoms with Crippen molar-refractivity contribution in [3.63, 3.8) is 0 Å².